The average molecular weight is 553 g/mol. The van der Waals surface area contributed by atoms with Crippen LogP contribution in [0.1, 0.15) is 71.1 Å². The molecule has 0 bridgehead atoms. The maximum atomic E-state index is 13.5. The molecule has 7 atom stereocenters. The van der Waals surface area contributed by atoms with Crippen LogP contribution in [0.25, 0.3) is 11.8 Å². The zero-order valence-electron chi connectivity index (χ0n) is 23.0. The van der Waals surface area contributed by atoms with E-state index in [0.29, 0.717) is 12.8 Å². The smallest absolute Gasteiger partial charge is 0.309 e. The lowest BCUT2D eigenvalue weighted by molar-refractivity contribution is -0.198. The minimum absolute atomic E-state index is 0.0181. The Morgan fingerprint density at radius 3 is 2.59 bits per heavy atom. The van der Waals surface area contributed by atoms with Crippen molar-refractivity contribution in [1.82, 2.24) is 9.78 Å². The monoisotopic (exact) mass is 552 g/mol. The number of carbonyl (C=O) groups is 2. The summed E-state index contributed by atoms with van der Waals surface area (Å²) in [7, 11) is 0. The molecular weight excluding hydrogens is 515 g/mol. The molecule has 6 unspecified atom stereocenters. The maximum absolute atomic E-state index is 13.5. The molecule has 0 spiro atoms. The summed E-state index contributed by atoms with van der Waals surface area (Å²) in [5, 5.41) is 16.1. The Morgan fingerprint density at radius 1 is 1.21 bits per heavy atom. The standard InChI is InChI=1S/C31H37FN2O4S/c1-17(2)27(36)38-31(28(37)39)12-11-23-22-10-5-19-13-24-18(16-33-34(24)21-8-6-20(32)7-9-21)14-29(19,3)26(22)25(35)15-30(23,31)4/h6-9,13,16-17,22-23,25-26,35H,5,10-12,14-15H2,1-4H3,(H,37,39)/t22?,23?,25?,26-,29?,30?,31?/m1/s1. The van der Waals surface area contributed by atoms with E-state index in [9.17, 15) is 19.1 Å². The number of rotatable bonds is 4. The van der Waals surface area contributed by atoms with Gasteiger partial charge < -0.3 is 9.84 Å². The number of aromatic nitrogens is 2. The van der Waals surface area contributed by atoms with E-state index in [2.05, 4.69) is 30.7 Å². The molecule has 3 fully saturated rings. The highest BCUT2D eigenvalue weighted by molar-refractivity contribution is 7.96. The second kappa shape index (κ2) is 9.03. The molecule has 6 rings (SSSR count). The average Bonchev–Trinajstić information content (AvgIpc) is 3.40. The second-order valence-electron chi connectivity index (χ2n) is 13.0. The fourth-order valence-electron chi connectivity index (χ4n) is 8.81. The normalized spacial score (nSPS) is 36.9. The third-order valence-corrected chi connectivity index (χ3v) is 11.1. The predicted molar refractivity (Wildman–Crippen MR) is 149 cm³/mol. The summed E-state index contributed by atoms with van der Waals surface area (Å²) in [5.41, 5.74) is 2.01. The van der Waals surface area contributed by atoms with Gasteiger partial charge in [0.25, 0.3) is 0 Å². The summed E-state index contributed by atoms with van der Waals surface area (Å²) >= 11 is 4.26. The second-order valence-corrected chi connectivity index (χ2v) is 13.4. The van der Waals surface area contributed by atoms with Gasteiger partial charge in [0, 0.05) is 5.41 Å². The lowest BCUT2D eigenvalue weighted by Crippen LogP contribution is -2.62. The summed E-state index contributed by atoms with van der Waals surface area (Å²) < 4.78 is 21.4. The van der Waals surface area contributed by atoms with Gasteiger partial charge in [-0.2, -0.15) is 5.10 Å². The van der Waals surface area contributed by atoms with Crippen molar-refractivity contribution in [2.45, 2.75) is 77.9 Å². The molecule has 0 aliphatic heterocycles. The van der Waals surface area contributed by atoms with E-state index in [1.165, 1.54) is 17.7 Å². The van der Waals surface area contributed by atoms with Crippen LogP contribution in [-0.4, -0.2) is 37.7 Å². The molecule has 1 N–H and O–H groups in total. The number of esters is 1. The molecule has 0 saturated heterocycles. The van der Waals surface area contributed by atoms with Gasteiger partial charge in [0.2, 0.25) is 5.12 Å². The van der Waals surface area contributed by atoms with E-state index in [-0.39, 0.29) is 34.9 Å². The Labute approximate surface area is 234 Å². The third-order valence-electron chi connectivity index (χ3n) is 10.7. The number of hydrogen-bond acceptors (Lipinski definition) is 5. The van der Waals surface area contributed by atoms with Crippen molar-refractivity contribution in [3.05, 3.63) is 53.1 Å². The molecule has 39 heavy (non-hydrogen) atoms. The van der Waals surface area contributed by atoms with Crippen LogP contribution in [0.2, 0.25) is 0 Å². The summed E-state index contributed by atoms with van der Waals surface area (Å²) in [6.45, 7) is 7.84. The van der Waals surface area contributed by atoms with Crippen molar-refractivity contribution in [2.24, 2.45) is 34.5 Å². The van der Waals surface area contributed by atoms with Gasteiger partial charge in [-0.15, -0.1) is 12.6 Å². The number of hydrogen-bond donors (Lipinski definition) is 2. The van der Waals surface area contributed by atoms with Crippen molar-refractivity contribution < 1.29 is 23.8 Å². The number of fused-ring (bicyclic) bond motifs is 6. The fourth-order valence-corrected chi connectivity index (χ4v) is 9.23. The molecule has 0 radical (unpaired) electrons. The Balaban J connectivity index is 1.35. The molecule has 2 aromatic rings. The number of benzene rings is 1. The van der Waals surface area contributed by atoms with Gasteiger partial charge in [-0.1, -0.05) is 33.3 Å². The van der Waals surface area contributed by atoms with E-state index in [1.54, 1.807) is 26.0 Å². The number of aliphatic hydroxyl groups excluding tert-OH is 1. The lowest BCUT2D eigenvalue weighted by atomic mass is 9.45. The minimum atomic E-state index is -1.32. The maximum Gasteiger partial charge on any atom is 0.309 e. The minimum Gasteiger partial charge on any atom is -0.449 e. The van der Waals surface area contributed by atoms with Crippen LogP contribution in [-0.2, 0) is 20.7 Å². The Bertz CT molecular complexity index is 1370. The van der Waals surface area contributed by atoms with Gasteiger partial charge in [-0.3, -0.25) is 9.59 Å². The van der Waals surface area contributed by atoms with E-state index < -0.39 is 28.2 Å². The van der Waals surface area contributed by atoms with Gasteiger partial charge >= 0.3 is 5.97 Å². The van der Waals surface area contributed by atoms with Crippen LogP contribution < -0.4 is 0 Å². The topological polar surface area (TPSA) is 81.4 Å². The first-order valence-electron chi connectivity index (χ1n) is 14.1. The largest absolute Gasteiger partial charge is 0.449 e. The summed E-state index contributed by atoms with van der Waals surface area (Å²) in [6, 6.07) is 6.36. The van der Waals surface area contributed by atoms with Crippen LogP contribution >= 0.6 is 12.6 Å². The Hall–Kier alpha value is -2.45. The highest BCUT2D eigenvalue weighted by atomic mass is 32.1. The number of nitrogens with zero attached hydrogens (tertiary/aromatic N) is 2. The van der Waals surface area contributed by atoms with Crippen LogP contribution in [0, 0.1) is 40.3 Å². The molecule has 1 aromatic carbocycles. The number of carbonyl (C=O) groups excluding carboxylic acids is 2. The molecule has 1 heterocycles. The SMILES string of the molecule is CC(C)C(=O)OC1(C(=O)S)CCC2C3CCC4=Cc5c(cnn5-c5ccc(F)cc5)CC4(C)[C@H]3C(O)CC21C. The highest BCUT2D eigenvalue weighted by Gasteiger charge is 2.70. The number of aliphatic hydroxyl groups is 1. The zero-order chi connectivity index (χ0) is 27.9. The molecule has 0 amide bonds. The van der Waals surface area contributed by atoms with E-state index in [0.717, 1.165) is 42.6 Å². The first-order chi connectivity index (χ1) is 18.4. The molecule has 3 saturated carbocycles. The molecular formula is C31H37FN2O4S. The summed E-state index contributed by atoms with van der Waals surface area (Å²) in [4.78, 5) is 25.8. The molecule has 4 aliphatic rings. The van der Waals surface area contributed by atoms with Crippen molar-refractivity contribution in [3.8, 4) is 5.69 Å². The van der Waals surface area contributed by atoms with Crippen LogP contribution in [0.5, 0.6) is 0 Å². The van der Waals surface area contributed by atoms with Gasteiger partial charge in [0.1, 0.15) is 5.82 Å². The number of thiol groups is 1. The third kappa shape index (κ3) is 3.73. The molecule has 8 heteroatoms. The van der Waals surface area contributed by atoms with Crippen LogP contribution in [0.4, 0.5) is 4.39 Å². The first-order valence-corrected chi connectivity index (χ1v) is 14.5. The fraction of sp³-hybridized carbons (Fsp3) is 0.581. The number of ether oxygens (including phenoxy) is 1. The Morgan fingerprint density at radius 2 is 1.92 bits per heavy atom. The zero-order valence-corrected chi connectivity index (χ0v) is 23.9. The Kier molecular flexibility index (Phi) is 6.20. The van der Waals surface area contributed by atoms with Crippen molar-refractivity contribution in [2.75, 3.05) is 0 Å². The number of allylic oxidation sites excluding steroid dienone is 1. The van der Waals surface area contributed by atoms with Crippen molar-refractivity contribution in [1.29, 1.82) is 0 Å². The van der Waals surface area contributed by atoms with E-state index in [4.69, 9.17) is 4.74 Å². The molecule has 4 aliphatic carbocycles. The van der Waals surface area contributed by atoms with Gasteiger partial charge in [-0.25, -0.2) is 9.07 Å². The van der Waals surface area contributed by atoms with E-state index in [1.807, 2.05) is 17.8 Å². The van der Waals surface area contributed by atoms with Gasteiger partial charge in [0.05, 0.1) is 29.6 Å². The summed E-state index contributed by atoms with van der Waals surface area (Å²) in [6.07, 6.45) is 7.62. The van der Waals surface area contributed by atoms with Gasteiger partial charge in [-0.05, 0) is 97.6 Å². The number of halogens is 1. The van der Waals surface area contributed by atoms with E-state index >= 15 is 0 Å². The van der Waals surface area contributed by atoms with Crippen LogP contribution in [0.15, 0.2) is 36.0 Å². The lowest BCUT2D eigenvalue weighted by Gasteiger charge is -2.60. The highest BCUT2D eigenvalue weighted by Crippen LogP contribution is 2.68. The van der Waals surface area contributed by atoms with Crippen molar-refractivity contribution in [3.63, 3.8) is 0 Å². The quantitative estimate of drug-likeness (QED) is 0.384. The summed E-state index contributed by atoms with van der Waals surface area (Å²) in [5.74, 6) is -0.673. The molecule has 208 valence electrons. The van der Waals surface area contributed by atoms with Crippen LogP contribution in [0.3, 0.4) is 0 Å². The van der Waals surface area contributed by atoms with Gasteiger partial charge in [0.15, 0.2) is 5.60 Å². The molecule has 1 aromatic heterocycles. The van der Waals surface area contributed by atoms with Crippen molar-refractivity contribution >= 4 is 29.8 Å². The molecule has 6 nitrogen and oxygen atoms in total. The first kappa shape index (κ1) is 26.8. The predicted octanol–water partition coefficient (Wildman–Crippen LogP) is 5.56.